The number of rotatable bonds is 6. The Balaban J connectivity index is 1.86. The lowest BCUT2D eigenvalue weighted by Crippen LogP contribution is -2.32. The largest absolute Gasteiger partial charge is 0.330 e. The van der Waals surface area contributed by atoms with E-state index in [1.165, 1.54) is 12.1 Å². The van der Waals surface area contributed by atoms with Crippen molar-refractivity contribution < 1.29 is 9.18 Å². The third-order valence-corrected chi connectivity index (χ3v) is 4.26. The molecule has 0 aliphatic heterocycles. The Hall–Kier alpha value is -3.20. The summed E-state index contributed by atoms with van der Waals surface area (Å²) in [6.45, 7) is 2.84. The van der Waals surface area contributed by atoms with Gasteiger partial charge in [0.1, 0.15) is 5.82 Å². The van der Waals surface area contributed by atoms with Crippen LogP contribution in [0.15, 0.2) is 90.5 Å². The molecule has 0 atom stereocenters. The lowest BCUT2D eigenvalue weighted by molar-refractivity contribution is 0.0754. The van der Waals surface area contributed by atoms with Gasteiger partial charge in [-0.15, -0.1) is 0 Å². The molecule has 0 radical (unpaired) electrons. The van der Waals surface area contributed by atoms with E-state index >= 15 is 0 Å². The molecule has 0 heterocycles. The van der Waals surface area contributed by atoms with Gasteiger partial charge >= 0.3 is 0 Å². The molecule has 0 saturated carbocycles. The van der Waals surface area contributed by atoms with Crippen LogP contribution in [0, 0.1) is 5.82 Å². The Kier molecular flexibility index (Phi) is 6.16. The first-order valence-corrected chi connectivity index (χ1v) is 8.93. The zero-order chi connectivity index (χ0) is 19.1. The standard InChI is InChI=1S/C24H22FNO/c1-19(16-20-10-4-2-5-11-20)17-26(18-21-12-6-3-7-13-21)24(27)22-14-8-9-15-23(22)25/h2-16H,17-18H2,1H3/b19-16+. The van der Waals surface area contributed by atoms with Crippen LogP contribution in [-0.2, 0) is 6.54 Å². The molecule has 2 nitrogen and oxygen atoms in total. The predicted molar refractivity (Wildman–Crippen MR) is 108 cm³/mol. The van der Waals surface area contributed by atoms with E-state index in [0.29, 0.717) is 13.1 Å². The van der Waals surface area contributed by atoms with Crippen molar-refractivity contribution in [1.82, 2.24) is 4.90 Å². The van der Waals surface area contributed by atoms with Gasteiger partial charge in [0.15, 0.2) is 0 Å². The highest BCUT2D eigenvalue weighted by molar-refractivity contribution is 5.94. The summed E-state index contributed by atoms with van der Waals surface area (Å²) in [5.41, 5.74) is 3.21. The third-order valence-electron chi connectivity index (χ3n) is 4.26. The molecular weight excluding hydrogens is 337 g/mol. The normalized spacial score (nSPS) is 11.3. The molecule has 0 bridgehead atoms. The minimum absolute atomic E-state index is 0.0981. The molecule has 1 amide bonds. The second-order valence-electron chi connectivity index (χ2n) is 6.53. The molecule has 0 unspecified atom stereocenters. The molecule has 3 heteroatoms. The Bertz CT molecular complexity index is 919. The lowest BCUT2D eigenvalue weighted by atomic mass is 10.1. The highest BCUT2D eigenvalue weighted by Crippen LogP contribution is 2.16. The molecule has 0 spiro atoms. The van der Waals surface area contributed by atoms with Crippen LogP contribution in [0.2, 0.25) is 0 Å². The number of benzene rings is 3. The molecule has 0 fully saturated rings. The number of carbonyl (C=O) groups is 1. The first kappa shape index (κ1) is 18.6. The van der Waals surface area contributed by atoms with Gasteiger partial charge in [0.05, 0.1) is 5.56 Å². The van der Waals surface area contributed by atoms with Crippen molar-refractivity contribution in [3.05, 3.63) is 113 Å². The Labute approximate surface area is 159 Å². The van der Waals surface area contributed by atoms with Crippen LogP contribution in [0.5, 0.6) is 0 Å². The number of nitrogens with zero attached hydrogens (tertiary/aromatic N) is 1. The van der Waals surface area contributed by atoms with Crippen LogP contribution >= 0.6 is 0 Å². The fourth-order valence-corrected chi connectivity index (χ4v) is 2.99. The van der Waals surface area contributed by atoms with Crippen molar-refractivity contribution in [2.45, 2.75) is 13.5 Å². The number of amides is 1. The number of halogens is 1. The average molecular weight is 359 g/mol. The van der Waals surface area contributed by atoms with Gasteiger partial charge in [-0.05, 0) is 30.2 Å². The molecule has 0 aliphatic carbocycles. The van der Waals surface area contributed by atoms with Gasteiger partial charge in [-0.2, -0.15) is 0 Å². The van der Waals surface area contributed by atoms with Crippen molar-refractivity contribution in [2.24, 2.45) is 0 Å². The first-order valence-electron chi connectivity index (χ1n) is 8.93. The Morgan fingerprint density at radius 1 is 0.889 bits per heavy atom. The van der Waals surface area contributed by atoms with Gasteiger partial charge in [-0.3, -0.25) is 4.79 Å². The summed E-state index contributed by atoms with van der Waals surface area (Å²) >= 11 is 0. The van der Waals surface area contributed by atoms with Gasteiger partial charge in [0.2, 0.25) is 0 Å². The molecule has 3 aromatic carbocycles. The van der Waals surface area contributed by atoms with Gasteiger partial charge in [0, 0.05) is 13.1 Å². The van der Waals surface area contributed by atoms with Gasteiger partial charge in [-0.25, -0.2) is 4.39 Å². The van der Waals surface area contributed by atoms with Gasteiger partial charge in [0.25, 0.3) is 5.91 Å². The highest BCUT2D eigenvalue weighted by atomic mass is 19.1. The SMILES string of the molecule is C/C(=C\c1ccccc1)CN(Cc1ccccc1)C(=O)c1ccccc1F. The maximum atomic E-state index is 14.2. The maximum Gasteiger partial charge on any atom is 0.257 e. The van der Waals surface area contributed by atoms with Crippen LogP contribution in [0.3, 0.4) is 0 Å². The lowest BCUT2D eigenvalue weighted by Gasteiger charge is -2.24. The third kappa shape index (κ3) is 5.14. The van der Waals surface area contributed by atoms with Crippen LogP contribution < -0.4 is 0 Å². The smallest absolute Gasteiger partial charge is 0.257 e. The second-order valence-corrected chi connectivity index (χ2v) is 6.53. The zero-order valence-electron chi connectivity index (χ0n) is 15.3. The van der Waals surface area contributed by atoms with Crippen LogP contribution in [-0.4, -0.2) is 17.4 Å². The van der Waals surface area contributed by atoms with E-state index in [9.17, 15) is 9.18 Å². The minimum Gasteiger partial charge on any atom is -0.330 e. The molecular formula is C24H22FNO. The van der Waals surface area contributed by atoms with Crippen LogP contribution in [0.4, 0.5) is 4.39 Å². The monoisotopic (exact) mass is 359 g/mol. The van der Waals surface area contributed by atoms with E-state index in [1.807, 2.05) is 73.7 Å². The Morgan fingerprint density at radius 2 is 1.48 bits per heavy atom. The Morgan fingerprint density at radius 3 is 2.15 bits per heavy atom. The van der Waals surface area contributed by atoms with Crippen LogP contribution in [0.1, 0.15) is 28.4 Å². The van der Waals surface area contributed by atoms with Crippen molar-refractivity contribution in [2.75, 3.05) is 6.54 Å². The first-order chi connectivity index (χ1) is 13.1. The van der Waals surface area contributed by atoms with Gasteiger partial charge < -0.3 is 4.90 Å². The number of hydrogen-bond donors (Lipinski definition) is 0. The average Bonchev–Trinajstić information content (AvgIpc) is 2.69. The van der Waals surface area contributed by atoms with Crippen LogP contribution in [0.25, 0.3) is 6.08 Å². The molecule has 0 N–H and O–H groups in total. The summed E-state index contributed by atoms with van der Waals surface area (Å²) in [5.74, 6) is -0.803. The zero-order valence-corrected chi connectivity index (χ0v) is 15.3. The van der Waals surface area contributed by atoms with E-state index in [0.717, 1.165) is 16.7 Å². The van der Waals surface area contributed by atoms with E-state index in [4.69, 9.17) is 0 Å². The minimum atomic E-state index is -0.495. The van der Waals surface area contributed by atoms with Crippen molar-refractivity contribution >= 4 is 12.0 Å². The molecule has 0 aromatic heterocycles. The second kappa shape index (κ2) is 8.95. The summed E-state index contributed by atoms with van der Waals surface area (Å²) in [5, 5.41) is 0. The number of hydrogen-bond acceptors (Lipinski definition) is 1. The summed E-state index contributed by atoms with van der Waals surface area (Å²) in [6.07, 6.45) is 2.05. The summed E-state index contributed by atoms with van der Waals surface area (Å²) in [6, 6.07) is 25.8. The van der Waals surface area contributed by atoms with Gasteiger partial charge in [-0.1, -0.05) is 84.4 Å². The molecule has 0 saturated heterocycles. The van der Waals surface area contributed by atoms with E-state index in [2.05, 4.69) is 0 Å². The predicted octanol–water partition coefficient (Wildman–Crippen LogP) is 5.57. The quantitative estimate of drug-likeness (QED) is 0.563. The van der Waals surface area contributed by atoms with Crippen molar-refractivity contribution in [1.29, 1.82) is 0 Å². The molecule has 3 rings (SSSR count). The van der Waals surface area contributed by atoms with E-state index in [1.54, 1.807) is 17.0 Å². The summed E-state index contributed by atoms with van der Waals surface area (Å²) in [7, 11) is 0. The topological polar surface area (TPSA) is 20.3 Å². The maximum absolute atomic E-state index is 14.2. The van der Waals surface area contributed by atoms with E-state index < -0.39 is 5.82 Å². The fraction of sp³-hybridized carbons (Fsp3) is 0.125. The van der Waals surface area contributed by atoms with Crippen molar-refractivity contribution in [3.63, 3.8) is 0 Å². The molecule has 3 aromatic rings. The molecule has 136 valence electrons. The van der Waals surface area contributed by atoms with E-state index in [-0.39, 0.29) is 11.5 Å². The molecule has 0 aliphatic rings. The summed E-state index contributed by atoms with van der Waals surface area (Å²) in [4.78, 5) is 14.7. The summed E-state index contributed by atoms with van der Waals surface area (Å²) < 4.78 is 14.2. The fourth-order valence-electron chi connectivity index (χ4n) is 2.99. The van der Waals surface area contributed by atoms with Crippen molar-refractivity contribution in [3.8, 4) is 0 Å². The molecule has 27 heavy (non-hydrogen) atoms. The highest BCUT2D eigenvalue weighted by Gasteiger charge is 2.19. The number of carbonyl (C=O) groups excluding carboxylic acids is 1.